The number of ether oxygens (including phenoxy) is 1. The van der Waals surface area contributed by atoms with Gasteiger partial charge in [-0.3, -0.25) is 0 Å². The number of hydrogen-bond acceptors (Lipinski definition) is 2. The predicted octanol–water partition coefficient (Wildman–Crippen LogP) is 3.98. The molecule has 0 bridgehead atoms. The average molecular weight is 275 g/mol. The molecule has 0 saturated heterocycles. The Labute approximate surface area is 117 Å². The second-order valence-corrected chi connectivity index (χ2v) is 5.34. The van der Waals surface area contributed by atoms with Gasteiger partial charge < -0.3 is 9.84 Å². The molecular weight excluding hydrogens is 260 g/mol. The zero-order valence-corrected chi connectivity index (χ0v) is 11.2. The van der Waals surface area contributed by atoms with E-state index in [4.69, 9.17) is 16.3 Å². The topological polar surface area (TPSA) is 29.5 Å². The van der Waals surface area contributed by atoms with Gasteiger partial charge in [0, 0.05) is 17.0 Å². The van der Waals surface area contributed by atoms with Crippen LogP contribution in [-0.2, 0) is 12.8 Å². The first kappa shape index (κ1) is 12.4. The number of phenolic OH excluding ortho intramolecular Hbond substituents is 1. The van der Waals surface area contributed by atoms with Gasteiger partial charge in [-0.2, -0.15) is 0 Å². The Balaban J connectivity index is 1.60. The minimum atomic E-state index is 0.201. The van der Waals surface area contributed by atoms with Gasteiger partial charge in [-0.25, -0.2) is 0 Å². The Bertz CT molecular complexity index is 578. The van der Waals surface area contributed by atoms with Crippen LogP contribution in [0.25, 0.3) is 0 Å². The fourth-order valence-electron chi connectivity index (χ4n) is 2.45. The van der Waals surface area contributed by atoms with Crippen molar-refractivity contribution >= 4 is 11.6 Å². The molecule has 1 aliphatic rings. The monoisotopic (exact) mass is 274 g/mol. The highest BCUT2D eigenvalue weighted by atomic mass is 35.5. The minimum Gasteiger partial charge on any atom is -0.508 e. The minimum absolute atomic E-state index is 0.201. The van der Waals surface area contributed by atoms with Gasteiger partial charge >= 0.3 is 0 Å². The third kappa shape index (κ3) is 2.85. The van der Waals surface area contributed by atoms with E-state index in [0.717, 1.165) is 35.6 Å². The number of hydrogen-bond donors (Lipinski definition) is 1. The van der Waals surface area contributed by atoms with Crippen LogP contribution in [0.4, 0.5) is 0 Å². The average Bonchev–Trinajstić information content (AvgIpc) is 2.80. The molecule has 0 aliphatic carbocycles. The molecule has 98 valence electrons. The lowest BCUT2D eigenvalue weighted by Gasteiger charge is -2.10. The summed E-state index contributed by atoms with van der Waals surface area (Å²) in [4.78, 5) is 0. The van der Waals surface area contributed by atoms with E-state index in [-0.39, 0.29) is 6.10 Å². The number of benzene rings is 2. The molecule has 0 fully saturated rings. The zero-order chi connectivity index (χ0) is 13.2. The van der Waals surface area contributed by atoms with Crippen molar-refractivity contribution in [3.8, 4) is 11.5 Å². The maximum Gasteiger partial charge on any atom is 0.123 e. The standard InChI is InChI=1S/C16H15ClO2/c17-13-4-1-11(2-5-13)3-7-15-10-12-9-14(18)6-8-16(12)19-15/h1-2,4-6,8-9,15,18H,3,7,10H2/t15-/m0/s1. The lowest BCUT2D eigenvalue weighted by molar-refractivity contribution is 0.222. The summed E-state index contributed by atoms with van der Waals surface area (Å²) in [7, 11) is 0. The third-order valence-corrected chi connectivity index (χ3v) is 3.71. The van der Waals surface area contributed by atoms with Crippen LogP contribution in [0, 0.1) is 0 Å². The summed E-state index contributed by atoms with van der Waals surface area (Å²) >= 11 is 5.87. The van der Waals surface area contributed by atoms with Crippen LogP contribution in [0.5, 0.6) is 11.5 Å². The van der Waals surface area contributed by atoms with Gasteiger partial charge in [-0.15, -0.1) is 0 Å². The van der Waals surface area contributed by atoms with Gasteiger partial charge in [0.05, 0.1) is 0 Å². The molecule has 0 spiro atoms. The number of fused-ring (bicyclic) bond motifs is 1. The second-order valence-electron chi connectivity index (χ2n) is 4.90. The van der Waals surface area contributed by atoms with Gasteiger partial charge in [-0.1, -0.05) is 23.7 Å². The van der Waals surface area contributed by atoms with Crippen LogP contribution in [0.3, 0.4) is 0 Å². The summed E-state index contributed by atoms with van der Waals surface area (Å²) in [6.45, 7) is 0. The molecule has 3 heteroatoms. The number of aromatic hydroxyl groups is 1. The number of rotatable bonds is 3. The molecule has 1 N–H and O–H groups in total. The molecule has 2 nitrogen and oxygen atoms in total. The molecule has 0 radical (unpaired) electrons. The van der Waals surface area contributed by atoms with Gasteiger partial charge in [0.1, 0.15) is 17.6 Å². The SMILES string of the molecule is Oc1ccc2c(c1)C[C@H](CCc1ccc(Cl)cc1)O2. The quantitative estimate of drug-likeness (QED) is 0.917. The molecule has 1 aliphatic heterocycles. The van der Waals surface area contributed by atoms with Gasteiger partial charge in [0.25, 0.3) is 0 Å². The van der Waals surface area contributed by atoms with Crippen molar-refractivity contribution in [3.63, 3.8) is 0 Å². The number of phenols is 1. The Morgan fingerprint density at radius 2 is 1.95 bits per heavy atom. The molecule has 0 unspecified atom stereocenters. The fraction of sp³-hybridized carbons (Fsp3) is 0.250. The molecule has 0 aromatic heterocycles. The number of aryl methyl sites for hydroxylation is 1. The van der Waals surface area contributed by atoms with E-state index in [1.807, 2.05) is 18.2 Å². The lowest BCUT2D eigenvalue weighted by atomic mass is 10.0. The molecule has 2 aromatic rings. The third-order valence-electron chi connectivity index (χ3n) is 3.45. The first-order valence-corrected chi connectivity index (χ1v) is 6.81. The smallest absolute Gasteiger partial charge is 0.123 e. The highest BCUT2D eigenvalue weighted by Gasteiger charge is 2.22. The molecule has 0 amide bonds. The summed E-state index contributed by atoms with van der Waals surface area (Å²) in [6, 6.07) is 13.2. The van der Waals surface area contributed by atoms with Crippen LogP contribution in [0.2, 0.25) is 5.02 Å². The first-order valence-electron chi connectivity index (χ1n) is 6.44. The maximum absolute atomic E-state index is 9.45. The lowest BCUT2D eigenvalue weighted by Crippen LogP contribution is -2.13. The van der Waals surface area contributed by atoms with E-state index >= 15 is 0 Å². The summed E-state index contributed by atoms with van der Waals surface area (Å²) < 4.78 is 5.87. The summed E-state index contributed by atoms with van der Waals surface area (Å²) in [6.07, 6.45) is 3.02. The van der Waals surface area contributed by atoms with Crippen molar-refractivity contribution in [2.24, 2.45) is 0 Å². The van der Waals surface area contributed by atoms with Crippen LogP contribution in [0.15, 0.2) is 42.5 Å². The van der Waals surface area contributed by atoms with Crippen LogP contribution in [0.1, 0.15) is 17.5 Å². The summed E-state index contributed by atoms with van der Waals surface area (Å²) in [5, 5.41) is 10.2. The van der Waals surface area contributed by atoms with E-state index < -0.39 is 0 Å². The van der Waals surface area contributed by atoms with Gasteiger partial charge in [0.15, 0.2) is 0 Å². The summed E-state index contributed by atoms with van der Waals surface area (Å²) in [5.41, 5.74) is 2.37. The van der Waals surface area contributed by atoms with E-state index in [0.29, 0.717) is 5.75 Å². The Morgan fingerprint density at radius 3 is 2.74 bits per heavy atom. The molecule has 3 rings (SSSR count). The largest absolute Gasteiger partial charge is 0.508 e. The highest BCUT2D eigenvalue weighted by molar-refractivity contribution is 6.30. The highest BCUT2D eigenvalue weighted by Crippen LogP contribution is 2.32. The second kappa shape index (κ2) is 5.14. The normalized spacial score (nSPS) is 17.0. The molecule has 2 aromatic carbocycles. The van der Waals surface area contributed by atoms with Crippen molar-refractivity contribution < 1.29 is 9.84 Å². The van der Waals surface area contributed by atoms with Crippen molar-refractivity contribution in [2.45, 2.75) is 25.4 Å². The van der Waals surface area contributed by atoms with Crippen molar-refractivity contribution in [2.75, 3.05) is 0 Å². The van der Waals surface area contributed by atoms with E-state index in [1.165, 1.54) is 5.56 Å². The first-order chi connectivity index (χ1) is 9.20. The van der Waals surface area contributed by atoms with Crippen LogP contribution in [-0.4, -0.2) is 11.2 Å². The summed E-state index contributed by atoms with van der Waals surface area (Å²) in [5.74, 6) is 1.21. The Hall–Kier alpha value is -1.67. The Morgan fingerprint density at radius 1 is 1.16 bits per heavy atom. The van der Waals surface area contributed by atoms with E-state index in [1.54, 1.807) is 12.1 Å². The molecule has 1 heterocycles. The van der Waals surface area contributed by atoms with Gasteiger partial charge in [0.2, 0.25) is 0 Å². The fourth-order valence-corrected chi connectivity index (χ4v) is 2.57. The van der Waals surface area contributed by atoms with E-state index in [2.05, 4.69) is 12.1 Å². The van der Waals surface area contributed by atoms with Gasteiger partial charge in [-0.05, 0) is 48.7 Å². The van der Waals surface area contributed by atoms with E-state index in [9.17, 15) is 5.11 Å². The van der Waals surface area contributed by atoms with Crippen LogP contribution < -0.4 is 4.74 Å². The molecule has 0 saturated carbocycles. The predicted molar refractivity (Wildman–Crippen MR) is 76.0 cm³/mol. The molecule has 1 atom stereocenters. The number of halogens is 1. The van der Waals surface area contributed by atoms with Crippen LogP contribution >= 0.6 is 11.6 Å². The molecule has 19 heavy (non-hydrogen) atoms. The van der Waals surface area contributed by atoms with Crippen molar-refractivity contribution in [1.29, 1.82) is 0 Å². The maximum atomic E-state index is 9.45. The zero-order valence-electron chi connectivity index (χ0n) is 10.5. The Kier molecular flexibility index (Phi) is 3.34. The molecular formula is C16H15ClO2. The van der Waals surface area contributed by atoms with Crippen molar-refractivity contribution in [3.05, 3.63) is 58.6 Å². The van der Waals surface area contributed by atoms with Crippen molar-refractivity contribution in [1.82, 2.24) is 0 Å².